The number of nitrogens with zero attached hydrogens (tertiary/aromatic N) is 1. The summed E-state index contributed by atoms with van der Waals surface area (Å²) in [7, 11) is 1.91. The van der Waals surface area contributed by atoms with Crippen molar-refractivity contribution in [1.29, 1.82) is 0 Å². The number of carbonyl (C=O) groups excluding carboxylic acids is 1. The molecule has 3 heteroatoms. The van der Waals surface area contributed by atoms with Crippen molar-refractivity contribution in [3.8, 4) is 0 Å². The fourth-order valence-electron chi connectivity index (χ4n) is 2.30. The lowest BCUT2D eigenvalue weighted by Crippen LogP contribution is -2.19. The van der Waals surface area contributed by atoms with Crippen LogP contribution < -0.4 is 0 Å². The Morgan fingerprint density at radius 2 is 2.13 bits per heavy atom. The summed E-state index contributed by atoms with van der Waals surface area (Å²) < 4.78 is 6.98. The molecule has 2 heterocycles. The van der Waals surface area contributed by atoms with Crippen LogP contribution in [0.1, 0.15) is 16.1 Å². The molecule has 0 radical (unpaired) electrons. The molecule has 3 nitrogen and oxygen atoms in total. The average Bonchev–Trinajstić information content (AvgIpc) is 2.55. The summed E-state index contributed by atoms with van der Waals surface area (Å²) in [5, 5.41) is 1.17. The standard InChI is InChI=1S/C12H11NO2/c1-13-10-5-3-2-4-8(10)9-6-7-15-12(14)11(9)13/h2-5H,6-7H2,1H3. The van der Waals surface area contributed by atoms with Crippen LogP contribution in [0.5, 0.6) is 0 Å². The second kappa shape index (κ2) is 2.86. The number of aromatic nitrogens is 1. The van der Waals surface area contributed by atoms with Gasteiger partial charge in [0.15, 0.2) is 0 Å². The molecule has 0 amide bonds. The quantitative estimate of drug-likeness (QED) is 0.609. The van der Waals surface area contributed by atoms with E-state index in [9.17, 15) is 4.79 Å². The van der Waals surface area contributed by atoms with E-state index in [0.717, 1.165) is 17.5 Å². The zero-order valence-corrected chi connectivity index (χ0v) is 8.49. The molecule has 0 fully saturated rings. The molecule has 0 atom stereocenters. The molecule has 0 bridgehead atoms. The van der Waals surface area contributed by atoms with E-state index < -0.39 is 0 Å². The van der Waals surface area contributed by atoms with Gasteiger partial charge in [0.2, 0.25) is 0 Å². The minimum atomic E-state index is -0.199. The van der Waals surface area contributed by atoms with Gasteiger partial charge in [0.1, 0.15) is 5.69 Å². The molecular weight excluding hydrogens is 190 g/mol. The van der Waals surface area contributed by atoms with Crippen LogP contribution in [0.2, 0.25) is 0 Å². The summed E-state index contributed by atoms with van der Waals surface area (Å²) >= 11 is 0. The van der Waals surface area contributed by atoms with Gasteiger partial charge in [0.05, 0.1) is 6.61 Å². The molecule has 1 aliphatic rings. The van der Waals surface area contributed by atoms with Gasteiger partial charge in [0, 0.05) is 24.4 Å². The van der Waals surface area contributed by atoms with Crippen molar-refractivity contribution >= 4 is 16.9 Å². The number of cyclic esters (lactones) is 1. The van der Waals surface area contributed by atoms with E-state index in [1.54, 1.807) is 0 Å². The molecule has 0 saturated heterocycles. The van der Waals surface area contributed by atoms with Crippen LogP contribution in [0.3, 0.4) is 0 Å². The van der Waals surface area contributed by atoms with Crippen molar-refractivity contribution in [3.63, 3.8) is 0 Å². The number of aryl methyl sites for hydroxylation is 1. The average molecular weight is 201 g/mol. The van der Waals surface area contributed by atoms with Crippen LogP contribution in [-0.4, -0.2) is 17.1 Å². The first kappa shape index (κ1) is 8.53. The van der Waals surface area contributed by atoms with Crippen LogP contribution in [0, 0.1) is 0 Å². The molecule has 15 heavy (non-hydrogen) atoms. The lowest BCUT2D eigenvalue weighted by atomic mass is 10.1. The molecule has 2 aromatic rings. The highest BCUT2D eigenvalue weighted by Gasteiger charge is 2.25. The van der Waals surface area contributed by atoms with Crippen LogP contribution in [-0.2, 0) is 18.2 Å². The highest BCUT2D eigenvalue weighted by atomic mass is 16.5. The van der Waals surface area contributed by atoms with Crippen molar-refractivity contribution in [3.05, 3.63) is 35.5 Å². The van der Waals surface area contributed by atoms with Crippen LogP contribution in [0.25, 0.3) is 10.9 Å². The molecule has 1 aromatic heterocycles. The largest absolute Gasteiger partial charge is 0.461 e. The monoisotopic (exact) mass is 201 g/mol. The Kier molecular flexibility index (Phi) is 1.63. The van der Waals surface area contributed by atoms with Gasteiger partial charge in [-0.3, -0.25) is 0 Å². The SMILES string of the molecule is Cn1c2c(c3ccccc31)CCOC2=O. The minimum absolute atomic E-state index is 0.199. The Hall–Kier alpha value is -1.77. The molecule has 0 aliphatic carbocycles. The van der Waals surface area contributed by atoms with Gasteiger partial charge < -0.3 is 9.30 Å². The molecule has 0 spiro atoms. The predicted molar refractivity (Wildman–Crippen MR) is 56.9 cm³/mol. The number of hydrogen-bond acceptors (Lipinski definition) is 2. The van der Waals surface area contributed by atoms with E-state index in [1.807, 2.05) is 29.8 Å². The minimum Gasteiger partial charge on any atom is -0.461 e. The van der Waals surface area contributed by atoms with Crippen molar-refractivity contribution in [2.45, 2.75) is 6.42 Å². The Bertz CT molecular complexity index is 554. The summed E-state index contributed by atoms with van der Waals surface area (Å²) in [6.07, 6.45) is 0.822. The normalized spacial score (nSPS) is 15.1. The second-order valence-corrected chi connectivity index (χ2v) is 3.79. The summed E-state index contributed by atoms with van der Waals surface area (Å²) in [6, 6.07) is 8.08. The van der Waals surface area contributed by atoms with E-state index >= 15 is 0 Å². The topological polar surface area (TPSA) is 31.2 Å². The molecule has 1 aromatic carbocycles. The Morgan fingerprint density at radius 3 is 3.00 bits per heavy atom. The first-order valence-corrected chi connectivity index (χ1v) is 5.02. The molecule has 0 unspecified atom stereocenters. The molecule has 0 N–H and O–H groups in total. The summed E-state index contributed by atoms with van der Waals surface area (Å²) in [6.45, 7) is 0.500. The number of para-hydroxylation sites is 1. The number of hydrogen-bond donors (Lipinski definition) is 0. The molecule has 0 saturated carbocycles. The van der Waals surface area contributed by atoms with Gasteiger partial charge in [-0.05, 0) is 11.6 Å². The van der Waals surface area contributed by atoms with Crippen LogP contribution >= 0.6 is 0 Å². The van der Waals surface area contributed by atoms with E-state index in [0.29, 0.717) is 12.3 Å². The predicted octanol–water partition coefficient (Wildman–Crippen LogP) is 1.89. The van der Waals surface area contributed by atoms with Crippen LogP contribution in [0.15, 0.2) is 24.3 Å². The van der Waals surface area contributed by atoms with E-state index in [2.05, 4.69) is 6.07 Å². The molecular formula is C12H11NO2. The van der Waals surface area contributed by atoms with Crippen molar-refractivity contribution in [2.24, 2.45) is 7.05 Å². The number of esters is 1. The van der Waals surface area contributed by atoms with Gasteiger partial charge in [-0.1, -0.05) is 18.2 Å². The highest BCUT2D eigenvalue weighted by molar-refractivity contribution is 5.99. The van der Waals surface area contributed by atoms with E-state index in [1.165, 1.54) is 5.39 Å². The Balaban J connectivity index is 2.45. The third kappa shape index (κ3) is 1.03. The number of carbonyl (C=O) groups is 1. The summed E-state index contributed by atoms with van der Waals surface area (Å²) in [4.78, 5) is 11.6. The van der Waals surface area contributed by atoms with Gasteiger partial charge in [-0.25, -0.2) is 4.79 Å². The maximum atomic E-state index is 11.6. The fourth-order valence-corrected chi connectivity index (χ4v) is 2.30. The number of fused-ring (bicyclic) bond motifs is 3. The first-order chi connectivity index (χ1) is 7.29. The van der Waals surface area contributed by atoms with Crippen molar-refractivity contribution in [1.82, 2.24) is 4.57 Å². The maximum Gasteiger partial charge on any atom is 0.355 e. The highest BCUT2D eigenvalue weighted by Crippen LogP contribution is 2.28. The smallest absolute Gasteiger partial charge is 0.355 e. The molecule has 76 valence electrons. The van der Waals surface area contributed by atoms with Crippen molar-refractivity contribution in [2.75, 3.05) is 6.61 Å². The van der Waals surface area contributed by atoms with Gasteiger partial charge in [0.25, 0.3) is 0 Å². The zero-order chi connectivity index (χ0) is 10.4. The maximum absolute atomic E-state index is 11.6. The van der Waals surface area contributed by atoms with Gasteiger partial charge in [-0.15, -0.1) is 0 Å². The van der Waals surface area contributed by atoms with Gasteiger partial charge in [-0.2, -0.15) is 0 Å². The Morgan fingerprint density at radius 1 is 1.33 bits per heavy atom. The molecule has 3 rings (SSSR count). The lowest BCUT2D eigenvalue weighted by Gasteiger charge is -2.13. The van der Waals surface area contributed by atoms with Crippen LogP contribution in [0.4, 0.5) is 0 Å². The molecule has 1 aliphatic heterocycles. The lowest BCUT2D eigenvalue weighted by molar-refractivity contribution is 0.0469. The summed E-state index contributed by atoms with van der Waals surface area (Å²) in [5.41, 5.74) is 2.94. The second-order valence-electron chi connectivity index (χ2n) is 3.79. The third-order valence-electron chi connectivity index (χ3n) is 2.99. The Labute approximate surface area is 87.3 Å². The summed E-state index contributed by atoms with van der Waals surface area (Å²) in [5.74, 6) is -0.199. The zero-order valence-electron chi connectivity index (χ0n) is 8.49. The fraction of sp³-hybridized carbons (Fsp3) is 0.250. The third-order valence-corrected chi connectivity index (χ3v) is 2.99. The number of benzene rings is 1. The van der Waals surface area contributed by atoms with Crippen molar-refractivity contribution < 1.29 is 9.53 Å². The number of rotatable bonds is 0. The van der Waals surface area contributed by atoms with Gasteiger partial charge >= 0.3 is 5.97 Å². The van der Waals surface area contributed by atoms with E-state index in [-0.39, 0.29) is 5.97 Å². The number of ether oxygens (including phenoxy) is 1. The van der Waals surface area contributed by atoms with E-state index in [4.69, 9.17) is 4.74 Å². The first-order valence-electron chi connectivity index (χ1n) is 5.02.